The van der Waals surface area contributed by atoms with E-state index in [4.69, 9.17) is 10.1 Å². The molecule has 1 fully saturated rings. The number of rotatable bonds is 3. The van der Waals surface area contributed by atoms with Gasteiger partial charge in [-0.3, -0.25) is 4.90 Å². The number of likely N-dealkylation sites (tertiary alicyclic amines) is 1. The number of carboxylic acids is 1. The van der Waals surface area contributed by atoms with Crippen LogP contribution in [-0.4, -0.2) is 44.8 Å². The number of β-amino-alcohol motifs (C(OH)–C–C–N with tert-alkyl or cyclic N) is 1. The van der Waals surface area contributed by atoms with Crippen molar-refractivity contribution < 1.29 is 15.0 Å². The fourth-order valence-electron chi connectivity index (χ4n) is 4.28. The molecule has 1 aliphatic heterocycles. The van der Waals surface area contributed by atoms with Crippen LogP contribution in [0, 0.1) is 5.41 Å². The minimum atomic E-state index is -1.60. The minimum absolute atomic E-state index is 0.139. The molecular weight excluding hydrogens is 312 g/mol. The molecule has 1 unspecified atom stereocenters. The van der Waals surface area contributed by atoms with Crippen LogP contribution in [0.5, 0.6) is 0 Å². The second-order valence-electron chi connectivity index (χ2n) is 8.58. The molecule has 1 atom stereocenters. The molecule has 23 heavy (non-hydrogen) atoms. The molecule has 0 bridgehead atoms. The average molecular weight is 338 g/mol. The molecule has 6 heteroatoms. The molecule has 2 N–H and O–H groups in total. The molecule has 1 aliphatic carbocycles. The van der Waals surface area contributed by atoms with Crippen LogP contribution >= 0.6 is 11.3 Å². The number of thiazole rings is 1. The van der Waals surface area contributed by atoms with Crippen molar-refractivity contribution in [1.29, 1.82) is 0 Å². The zero-order valence-corrected chi connectivity index (χ0v) is 15.2. The van der Waals surface area contributed by atoms with Gasteiger partial charge in [0.15, 0.2) is 5.60 Å². The summed E-state index contributed by atoms with van der Waals surface area (Å²) in [7, 11) is 0. The summed E-state index contributed by atoms with van der Waals surface area (Å²) >= 11 is 1.76. The van der Waals surface area contributed by atoms with Gasteiger partial charge in [0.2, 0.25) is 0 Å². The first kappa shape index (κ1) is 16.9. The summed E-state index contributed by atoms with van der Waals surface area (Å²) in [4.78, 5) is 19.4. The highest BCUT2D eigenvalue weighted by molar-refractivity contribution is 7.11. The summed E-state index contributed by atoms with van der Waals surface area (Å²) in [6.45, 7) is 10.6. The number of aliphatic hydroxyl groups is 1. The third kappa shape index (κ3) is 3.16. The molecule has 0 saturated carbocycles. The molecule has 0 radical (unpaired) electrons. The lowest BCUT2D eigenvalue weighted by molar-refractivity contribution is -0.157. The van der Waals surface area contributed by atoms with Gasteiger partial charge in [-0.25, -0.2) is 9.78 Å². The van der Waals surface area contributed by atoms with E-state index in [2.05, 4.69) is 27.7 Å². The van der Waals surface area contributed by atoms with Crippen molar-refractivity contribution in [1.82, 2.24) is 9.88 Å². The normalized spacial score (nSPS) is 29.4. The first-order valence-corrected chi connectivity index (χ1v) is 9.00. The molecule has 2 heterocycles. The van der Waals surface area contributed by atoms with Gasteiger partial charge in [0.05, 0.1) is 12.2 Å². The average Bonchev–Trinajstić information content (AvgIpc) is 2.93. The zero-order valence-electron chi connectivity index (χ0n) is 14.3. The number of nitrogens with zero attached hydrogens (tertiary/aromatic N) is 2. The molecule has 2 aliphatic rings. The lowest BCUT2D eigenvalue weighted by Gasteiger charge is -2.39. The van der Waals surface area contributed by atoms with Gasteiger partial charge >= 0.3 is 5.97 Å². The Morgan fingerprint density at radius 3 is 2.65 bits per heavy atom. The second kappa shape index (κ2) is 5.26. The maximum atomic E-state index is 11.1. The summed E-state index contributed by atoms with van der Waals surface area (Å²) in [6.07, 6.45) is 2.43. The van der Waals surface area contributed by atoms with Gasteiger partial charge in [-0.05, 0) is 18.3 Å². The fourth-order valence-corrected chi connectivity index (χ4v) is 5.50. The van der Waals surface area contributed by atoms with Gasteiger partial charge < -0.3 is 10.2 Å². The maximum Gasteiger partial charge on any atom is 0.337 e. The Balaban J connectivity index is 1.77. The number of carboxylic acid groups (broad SMARTS) is 1. The lowest BCUT2D eigenvalue weighted by Crippen LogP contribution is -2.41. The Morgan fingerprint density at radius 2 is 2.04 bits per heavy atom. The van der Waals surface area contributed by atoms with Crippen molar-refractivity contribution in [3.63, 3.8) is 0 Å². The van der Waals surface area contributed by atoms with Crippen LogP contribution < -0.4 is 0 Å². The quantitative estimate of drug-likeness (QED) is 0.885. The van der Waals surface area contributed by atoms with Crippen LogP contribution in [-0.2, 0) is 23.2 Å². The van der Waals surface area contributed by atoms with Crippen LogP contribution in [0.1, 0.15) is 56.1 Å². The summed E-state index contributed by atoms with van der Waals surface area (Å²) in [5.74, 6) is -1.12. The molecule has 0 amide bonds. The second-order valence-corrected chi connectivity index (χ2v) is 9.67. The Bertz CT molecular complexity index is 638. The monoisotopic (exact) mass is 338 g/mol. The van der Waals surface area contributed by atoms with Crippen molar-refractivity contribution in [3.05, 3.63) is 15.6 Å². The third-order valence-electron chi connectivity index (χ3n) is 5.01. The fraction of sp³-hybridized carbons (Fsp3) is 0.765. The first-order chi connectivity index (χ1) is 10.5. The van der Waals surface area contributed by atoms with Gasteiger partial charge in [0.25, 0.3) is 0 Å². The number of hydrogen-bond donors (Lipinski definition) is 2. The highest BCUT2D eigenvalue weighted by Crippen LogP contribution is 2.47. The van der Waals surface area contributed by atoms with Crippen LogP contribution in [0.15, 0.2) is 0 Å². The van der Waals surface area contributed by atoms with Gasteiger partial charge in [-0.2, -0.15) is 0 Å². The highest BCUT2D eigenvalue weighted by Gasteiger charge is 2.44. The van der Waals surface area contributed by atoms with E-state index < -0.39 is 11.6 Å². The Kier molecular flexibility index (Phi) is 3.86. The SMILES string of the molecule is CC1(C)Cc2nc(CN3CCC(O)(C(=O)O)C3)sc2C(C)(C)C1. The van der Waals surface area contributed by atoms with Crippen molar-refractivity contribution in [2.24, 2.45) is 5.41 Å². The topological polar surface area (TPSA) is 73.7 Å². The van der Waals surface area contributed by atoms with Crippen LogP contribution in [0.25, 0.3) is 0 Å². The Labute approximate surface area is 141 Å². The third-order valence-corrected chi connectivity index (χ3v) is 6.45. The van der Waals surface area contributed by atoms with E-state index in [0.29, 0.717) is 13.1 Å². The molecule has 5 nitrogen and oxygen atoms in total. The Morgan fingerprint density at radius 1 is 1.35 bits per heavy atom. The molecule has 1 aromatic heterocycles. The molecule has 0 spiro atoms. The summed E-state index contributed by atoms with van der Waals surface area (Å²) in [5, 5.41) is 20.2. The maximum absolute atomic E-state index is 11.1. The van der Waals surface area contributed by atoms with Crippen LogP contribution in [0.3, 0.4) is 0 Å². The minimum Gasteiger partial charge on any atom is -0.479 e. The van der Waals surface area contributed by atoms with Gasteiger partial charge in [0.1, 0.15) is 5.01 Å². The van der Waals surface area contributed by atoms with Crippen LogP contribution in [0.2, 0.25) is 0 Å². The lowest BCUT2D eigenvalue weighted by atomic mass is 9.67. The summed E-state index contributed by atoms with van der Waals surface area (Å²) in [6, 6.07) is 0. The molecule has 3 rings (SSSR count). The van der Waals surface area contributed by atoms with E-state index in [1.54, 1.807) is 11.3 Å². The standard InChI is InChI=1S/C17H26N2O3S/c1-15(2)7-11-13(16(3,4)9-15)23-12(18-11)8-19-6-5-17(22,10-19)14(20)21/h22H,5-10H2,1-4H3,(H,20,21). The summed E-state index contributed by atoms with van der Waals surface area (Å²) in [5.41, 5.74) is 0.00993. The molecule has 1 aromatic rings. The predicted molar refractivity (Wildman–Crippen MR) is 89.7 cm³/mol. The van der Waals surface area contributed by atoms with E-state index in [9.17, 15) is 9.90 Å². The van der Waals surface area contributed by atoms with E-state index >= 15 is 0 Å². The number of carbonyl (C=O) groups is 1. The summed E-state index contributed by atoms with van der Waals surface area (Å²) < 4.78 is 0. The first-order valence-electron chi connectivity index (χ1n) is 8.18. The largest absolute Gasteiger partial charge is 0.479 e. The Hall–Kier alpha value is -0.980. The smallest absolute Gasteiger partial charge is 0.337 e. The number of hydrogen-bond acceptors (Lipinski definition) is 5. The van der Waals surface area contributed by atoms with Crippen molar-refractivity contribution in [2.75, 3.05) is 13.1 Å². The van der Waals surface area contributed by atoms with Crippen molar-refractivity contribution in [2.45, 2.75) is 64.5 Å². The predicted octanol–water partition coefficient (Wildman–Crippen LogP) is 2.41. The van der Waals surface area contributed by atoms with E-state index in [-0.39, 0.29) is 23.8 Å². The van der Waals surface area contributed by atoms with Crippen molar-refractivity contribution >= 4 is 17.3 Å². The van der Waals surface area contributed by atoms with Crippen LogP contribution in [0.4, 0.5) is 0 Å². The van der Waals surface area contributed by atoms with E-state index in [0.717, 1.165) is 17.8 Å². The van der Waals surface area contributed by atoms with Crippen molar-refractivity contribution in [3.8, 4) is 0 Å². The molecule has 1 saturated heterocycles. The highest BCUT2D eigenvalue weighted by atomic mass is 32.1. The molecular formula is C17H26N2O3S. The van der Waals surface area contributed by atoms with Gasteiger partial charge in [-0.15, -0.1) is 11.3 Å². The molecule has 128 valence electrons. The van der Waals surface area contributed by atoms with Gasteiger partial charge in [0, 0.05) is 29.8 Å². The molecule has 0 aromatic carbocycles. The number of aromatic nitrogens is 1. The van der Waals surface area contributed by atoms with E-state index in [1.807, 2.05) is 4.90 Å². The van der Waals surface area contributed by atoms with Gasteiger partial charge in [-0.1, -0.05) is 27.7 Å². The van der Waals surface area contributed by atoms with E-state index in [1.165, 1.54) is 10.6 Å². The zero-order chi connectivity index (χ0) is 17.0. The number of aliphatic carboxylic acids is 1. The number of fused-ring (bicyclic) bond motifs is 1.